The summed E-state index contributed by atoms with van der Waals surface area (Å²) in [6.07, 6.45) is 1.71. The van der Waals surface area contributed by atoms with Gasteiger partial charge in [0, 0.05) is 6.61 Å². The summed E-state index contributed by atoms with van der Waals surface area (Å²) in [6.45, 7) is 8.11. The van der Waals surface area contributed by atoms with Crippen molar-refractivity contribution in [3.63, 3.8) is 0 Å². The summed E-state index contributed by atoms with van der Waals surface area (Å²) >= 11 is 0. The number of carbonyl (C=O) groups is 1. The molecule has 0 fully saturated rings. The molecule has 11 heavy (non-hydrogen) atoms. The van der Waals surface area contributed by atoms with Gasteiger partial charge in [0.25, 0.3) is 0 Å². The molecule has 1 atom stereocenters. The summed E-state index contributed by atoms with van der Waals surface area (Å²) in [5.41, 5.74) is -0.546. The molecule has 0 aromatic rings. The van der Waals surface area contributed by atoms with E-state index in [1.54, 1.807) is 6.92 Å². The molecule has 66 valence electrons. The lowest BCUT2D eigenvalue weighted by Crippen LogP contribution is -2.36. The first kappa shape index (κ1) is 10.6. The van der Waals surface area contributed by atoms with E-state index in [2.05, 4.69) is 0 Å². The minimum Gasteiger partial charge on any atom is -0.368 e. The van der Waals surface area contributed by atoms with Crippen LogP contribution >= 0.6 is 0 Å². The van der Waals surface area contributed by atoms with Crippen molar-refractivity contribution in [2.45, 2.75) is 46.1 Å². The molecule has 1 unspecified atom stereocenters. The molecular weight excluding hydrogens is 140 g/mol. The van der Waals surface area contributed by atoms with Gasteiger partial charge in [-0.3, -0.25) is 4.79 Å². The second kappa shape index (κ2) is 4.50. The van der Waals surface area contributed by atoms with E-state index in [4.69, 9.17) is 4.74 Å². The molecule has 0 rings (SSSR count). The highest BCUT2D eigenvalue weighted by molar-refractivity contribution is 5.84. The SMILES string of the molecule is CCCOC(C)(CC)C(C)=O. The Bertz CT molecular complexity index is 132. The summed E-state index contributed by atoms with van der Waals surface area (Å²) in [5, 5.41) is 0. The van der Waals surface area contributed by atoms with Crippen molar-refractivity contribution in [3.8, 4) is 0 Å². The van der Waals surface area contributed by atoms with Gasteiger partial charge in [-0.15, -0.1) is 0 Å². The van der Waals surface area contributed by atoms with Gasteiger partial charge in [-0.1, -0.05) is 13.8 Å². The average molecular weight is 158 g/mol. The van der Waals surface area contributed by atoms with Crippen molar-refractivity contribution < 1.29 is 9.53 Å². The Kier molecular flexibility index (Phi) is 4.34. The van der Waals surface area contributed by atoms with Crippen molar-refractivity contribution in [3.05, 3.63) is 0 Å². The number of rotatable bonds is 5. The van der Waals surface area contributed by atoms with Gasteiger partial charge in [0.05, 0.1) is 0 Å². The first-order valence-corrected chi connectivity index (χ1v) is 4.21. The summed E-state index contributed by atoms with van der Waals surface area (Å²) in [5.74, 6) is 0.119. The van der Waals surface area contributed by atoms with Gasteiger partial charge in [0.15, 0.2) is 5.78 Å². The van der Waals surface area contributed by atoms with Crippen molar-refractivity contribution >= 4 is 5.78 Å². The van der Waals surface area contributed by atoms with E-state index in [-0.39, 0.29) is 5.78 Å². The van der Waals surface area contributed by atoms with Crippen LogP contribution in [-0.4, -0.2) is 18.0 Å². The maximum Gasteiger partial charge on any atom is 0.161 e. The molecule has 0 aromatic heterocycles. The van der Waals surface area contributed by atoms with E-state index >= 15 is 0 Å². The second-order valence-electron chi connectivity index (χ2n) is 2.99. The highest BCUT2D eigenvalue weighted by Gasteiger charge is 2.27. The Morgan fingerprint density at radius 3 is 2.27 bits per heavy atom. The van der Waals surface area contributed by atoms with Gasteiger partial charge in [-0.05, 0) is 26.7 Å². The molecule has 2 nitrogen and oxygen atoms in total. The van der Waals surface area contributed by atoms with Gasteiger partial charge in [-0.25, -0.2) is 0 Å². The number of hydrogen-bond acceptors (Lipinski definition) is 2. The Labute approximate surface area is 68.9 Å². The summed E-state index contributed by atoms with van der Waals surface area (Å²) in [4.78, 5) is 11.1. The smallest absolute Gasteiger partial charge is 0.161 e. The van der Waals surface area contributed by atoms with E-state index in [1.807, 2.05) is 20.8 Å². The van der Waals surface area contributed by atoms with Crippen LogP contribution in [0.4, 0.5) is 0 Å². The fourth-order valence-electron chi connectivity index (χ4n) is 0.780. The maximum absolute atomic E-state index is 11.1. The molecule has 0 spiro atoms. The third-order valence-corrected chi connectivity index (χ3v) is 2.04. The average Bonchev–Trinajstić information content (AvgIpc) is 2.00. The molecule has 0 amide bonds. The van der Waals surface area contributed by atoms with Crippen LogP contribution < -0.4 is 0 Å². The molecular formula is C9H18O2. The van der Waals surface area contributed by atoms with E-state index in [0.29, 0.717) is 6.61 Å². The van der Waals surface area contributed by atoms with Crippen LogP contribution in [0.3, 0.4) is 0 Å². The Morgan fingerprint density at radius 2 is 2.00 bits per heavy atom. The topological polar surface area (TPSA) is 26.3 Å². The number of carbonyl (C=O) groups excluding carboxylic acids is 1. The van der Waals surface area contributed by atoms with Gasteiger partial charge in [0.2, 0.25) is 0 Å². The van der Waals surface area contributed by atoms with Crippen LogP contribution in [0.1, 0.15) is 40.5 Å². The molecule has 0 aliphatic heterocycles. The molecule has 0 radical (unpaired) electrons. The molecule has 0 heterocycles. The van der Waals surface area contributed by atoms with Crippen molar-refractivity contribution in [2.75, 3.05) is 6.61 Å². The monoisotopic (exact) mass is 158 g/mol. The van der Waals surface area contributed by atoms with Crippen LogP contribution in [0.5, 0.6) is 0 Å². The van der Waals surface area contributed by atoms with E-state index in [1.165, 1.54) is 0 Å². The third kappa shape index (κ3) is 3.02. The lowest BCUT2D eigenvalue weighted by Gasteiger charge is -2.25. The molecule has 0 aliphatic rings. The van der Waals surface area contributed by atoms with Gasteiger partial charge >= 0.3 is 0 Å². The zero-order valence-electron chi connectivity index (χ0n) is 7.94. The zero-order chi connectivity index (χ0) is 8.91. The standard InChI is InChI=1S/C9H18O2/c1-5-7-11-9(4,6-2)8(3)10/h5-7H2,1-4H3. The number of hydrogen-bond donors (Lipinski definition) is 0. The summed E-state index contributed by atoms with van der Waals surface area (Å²) < 4.78 is 5.44. The number of Topliss-reactive ketones (excluding diaryl/α,β-unsaturated/α-hetero) is 1. The highest BCUT2D eigenvalue weighted by atomic mass is 16.5. The predicted molar refractivity (Wildman–Crippen MR) is 45.6 cm³/mol. The van der Waals surface area contributed by atoms with Crippen LogP contribution in [0.25, 0.3) is 0 Å². The Hall–Kier alpha value is -0.370. The lowest BCUT2D eigenvalue weighted by molar-refractivity contribution is -0.140. The minimum atomic E-state index is -0.546. The van der Waals surface area contributed by atoms with Crippen molar-refractivity contribution in [2.24, 2.45) is 0 Å². The quantitative estimate of drug-likeness (QED) is 0.613. The van der Waals surface area contributed by atoms with Crippen LogP contribution in [-0.2, 0) is 9.53 Å². The first-order chi connectivity index (χ1) is 5.06. The maximum atomic E-state index is 11.1. The molecule has 0 aromatic carbocycles. The highest BCUT2D eigenvalue weighted by Crippen LogP contribution is 2.16. The van der Waals surface area contributed by atoms with Crippen LogP contribution in [0.2, 0.25) is 0 Å². The lowest BCUT2D eigenvalue weighted by atomic mass is 9.99. The molecule has 0 N–H and O–H groups in total. The fraction of sp³-hybridized carbons (Fsp3) is 0.889. The zero-order valence-corrected chi connectivity index (χ0v) is 7.94. The Morgan fingerprint density at radius 1 is 1.45 bits per heavy atom. The van der Waals surface area contributed by atoms with Gasteiger partial charge in [-0.2, -0.15) is 0 Å². The van der Waals surface area contributed by atoms with Gasteiger partial charge in [0.1, 0.15) is 5.60 Å². The number of ether oxygens (including phenoxy) is 1. The molecule has 0 saturated carbocycles. The summed E-state index contributed by atoms with van der Waals surface area (Å²) in [7, 11) is 0. The predicted octanol–water partition coefficient (Wildman–Crippen LogP) is 2.17. The minimum absolute atomic E-state index is 0.119. The van der Waals surface area contributed by atoms with E-state index < -0.39 is 5.60 Å². The largest absolute Gasteiger partial charge is 0.368 e. The van der Waals surface area contributed by atoms with E-state index in [0.717, 1.165) is 12.8 Å². The normalized spacial score (nSPS) is 16.0. The molecule has 0 bridgehead atoms. The van der Waals surface area contributed by atoms with Crippen LogP contribution in [0.15, 0.2) is 0 Å². The molecule has 2 heteroatoms. The Balaban J connectivity index is 3.99. The fourth-order valence-corrected chi connectivity index (χ4v) is 0.780. The first-order valence-electron chi connectivity index (χ1n) is 4.21. The van der Waals surface area contributed by atoms with Gasteiger partial charge < -0.3 is 4.74 Å². The van der Waals surface area contributed by atoms with Crippen molar-refractivity contribution in [1.29, 1.82) is 0 Å². The third-order valence-electron chi connectivity index (χ3n) is 2.04. The number of ketones is 1. The molecule has 0 saturated heterocycles. The second-order valence-corrected chi connectivity index (χ2v) is 2.99. The van der Waals surface area contributed by atoms with Crippen LogP contribution in [0, 0.1) is 0 Å². The summed E-state index contributed by atoms with van der Waals surface area (Å²) in [6, 6.07) is 0. The molecule has 0 aliphatic carbocycles. The van der Waals surface area contributed by atoms with E-state index in [9.17, 15) is 4.79 Å². The van der Waals surface area contributed by atoms with Crippen molar-refractivity contribution in [1.82, 2.24) is 0 Å².